The van der Waals surface area contributed by atoms with Crippen molar-refractivity contribution < 1.29 is 9.53 Å². The van der Waals surface area contributed by atoms with Crippen LogP contribution in [0.2, 0.25) is 0 Å². The molecule has 0 saturated heterocycles. The fourth-order valence-corrected chi connectivity index (χ4v) is 3.63. The average Bonchev–Trinajstić information content (AvgIpc) is 2.64. The molecule has 0 spiro atoms. The molecular formula is C15H21N3O2S. The van der Waals surface area contributed by atoms with Gasteiger partial charge in [0.15, 0.2) is 0 Å². The molecule has 114 valence electrons. The second kappa shape index (κ2) is 7.32. The van der Waals surface area contributed by atoms with Crippen molar-refractivity contribution in [3.63, 3.8) is 0 Å². The molecule has 1 aliphatic rings. The van der Waals surface area contributed by atoms with E-state index in [9.17, 15) is 4.79 Å². The quantitative estimate of drug-likeness (QED) is 0.656. The van der Waals surface area contributed by atoms with Crippen molar-refractivity contribution in [3.8, 4) is 6.07 Å². The molecular weight excluding hydrogens is 286 g/mol. The lowest BCUT2D eigenvalue weighted by atomic mass is 10.1. The van der Waals surface area contributed by atoms with Gasteiger partial charge in [-0.25, -0.2) is 4.79 Å². The van der Waals surface area contributed by atoms with Gasteiger partial charge in [-0.2, -0.15) is 5.26 Å². The minimum atomic E-state index is -0.455. The molecule has 0 bridgehead atoms. The summed E-state index contributed by atoms with van der Waals surface area (Å²) < 4.78 is 5.06. The number of hydrogen-bond acceptors (Lipinski definition) is 6. The van der Waals surface area contributed by atoms with Crippen LogP contribution in [-0.4, -0.2) is 18.6 Å². The molecule has 0 radical (unpaired) electrons. The fraction of sp³-hybridized carbons (Fsp3) is 0.600. The number of hydrogen-bond donors (Lipinski definition) is 2. The van der Waals surface area contributed by atoms with E-state index in [1.807, 2.05) is 6.07 Å². The van der Waals surface area contributed by atoms with Crippen LogP contribution in [0.1, 0.15) is 60.7 Å². The summed E-state index contributed by atoms with van der Waals surface area (Å²) in [6.45, 7) is 2.04. The lowest BCUT2D eigenvalue weighted by Gasteiger charge is -2.17. The maximum Gasteiger partial charge on any atom is 0.343 e. The highest BCUT2D eigenvalue weighted by Crippen LogP contribution is 2.37. The van der Waals surface area contributed by atoms with Crippen LogP contribution in [0.4, 0.5) is 10.7 Å². The van der Waals surface area contributed by atoms with E-state index in [1.165, 1.54) is 37.0 Å². The molecule has 1 aliphatic carbocycles. The van der Waals surface area contributed by atoms with Crippen molar-refractivity contribution in [1.82, 2.24) is 0 Å². The molecule has 21 heavy (non-hydrogen) atoms. The Morgan fingerprint density at radius 3 is 2.67 bits per heavy atom. The predicted molar refractivity (Wildman–Crippen MR) is 84.5 cm³/mol. The van der Waals surface area contributed by atoms with E-state index in [0.717, 1.165) is 12.8 Å². The maximum atomic E-state index is 12.1. The number of carbonyl (C=O) groups is 1. The first-order chi connectivity index (χ1) is 10.2. The molecule has 1 saturated carbocycles. The smallest absolute Gasteiger partial charge is 0.343 e. The number of esters is 1. The van der Waals surface area contributed by atoms with Crippen molar-refractivity contribution >= 4 is 28.0 Å². The zero-order chi connectivity index (χ0) is 15.2. The summed E-state index contributed by atoms with van der Waals surface area (Å²) in [5, 5.41) is 13.2. The van der Waals surface area contributed by atoms with Gasteiger partial charge in [0.1, 0.15) is 21.5 Å². The molecule has 0 atom stereocenters. The highest BCUT2D eigenvalue weighted by atomic mass is 32.1. The standard InChI is InChI=1S/C15H21N3O2S/c1-2-20-15(19)12-13(17)11(9-16)21-14(12)18-10-7-5-3-4-6-8-10/h10,18H,2-8,17H2,1H3. The SMILES string of the molecule is CCOC(=O)c1c(NC2CCCCCC2)sc(C#N)c1N. The van der Waals surface area contributed by atoms with Gasteiger partial charge in [0.25, 0.3) is 0 Å². The number of thiophene rings is 1. The lowest BCUT2D eigenvalue weighted by Crippen LogP contribution is -2.19. The van der Waals surface area contributed by atoms with Crippen molar-refractivity contribution in [2.45, 2.75) is 51.5 Å². The van der Waals surface area contributed by atoms with Crippen molar-refractivity contribution in [3.05, 3.63) is 10.4 Å². The molecule has 5 nitrogen and oxygen atoms in total. The van der Waals surface area contributed by atoms with Crippen LogP contribution in [0, 0.1) is 11.3 Å². The third-order valence-corrected chi connectivity index (χ3v) is 4.76. The number of carbonyl (C=O) groups excluding carboxylic acids is 1. The van der Waals surface area contributed by atoms with E-state index >= 15 is 0 Å². The molecule has 0 aromatic carbocycles. The van der Waals surface area contributed by atoms with Gasteiger partial charge in [0.05, 0.1) is 12.3 Å². The van der Waals surface area contributed by atoms with E-state index in [1.54, 1.807) is 6.92 Å². The van der Waals surface area contributed by atoms with E-state index in [2.05, 4.69) is 5.32 Å². The fourth-order valence-electron chi connectivity index (χ4n) is 2.64. The zero-order valence-electron chi connectivity index (χ0n) is 12.3. The van der Waals surface area contributed by atoms with Crippen LogP contribution < -0.4 is 11.1 Å². The summed E-state index contributed by atoms with van der Waals surface area (Å²) >= 11 is 1.24. The first-order valence-electron chi connectivity index (χ1n) is 7.43. The minimum Gasteiger partial charge on any atom is -0.462 e. The van der Waals surface area contributed by atoms with Gasteiger partial charge in [-0.3, -0.25) is 0 Å². The van der Waals surface area contributed by atoms with Crippen LogP contribution in [0.15, 0.2) is 0 Å². The molecule has 2 rings (SSSR count). The third-order valence-electron chi connectivity index (χ3n) is 3.72. The molecule has 0 unspecified atom stereocenters. The Hall–Kier alpha value is -1.74. The first kappa shape index (κ1) is 15.6. The number of anilines is 2. The van der Waals surface area contributed by atoms with Crippen molar-refractivity contribution in [1.29, 1.82) is 5.26 Å². The normalized spacial score (nSPS) is 16.0. The topological polar surface area (TPSA) is 88.1 Å². The molecule has 3 N–H and O–H groups in total. The molecule has 1 fully saturated rings. The van der Waals surface area contributed by atoms with Crippen molar-refractivity contribution in [2.24, 2.45) is 0 Å². The summed E-state index contributed by atoms with van der Waals surface area (Å²) in [6.07, 6.45) is 7.08. The molecule has 6 heteroatoms. The molecule has 0 amide bonds. The number of nitrogens with two attached hydrogens (primary N) is 1. The number of nitrogens with zero attached hydrogens (tertiary/aromatic N) is 1. The second-order valence-corrected chi connectivity index (χ2v) is 6.23. The first-order valence-corrected chi connectivity index (χ1v) is 8.25. The van der Waals surface area contributed by atoms with Gasteiger partial charge < -0.3 is 15.8 Å². The summed E-state index contributed by atoms with van der Waals surface area (Å²) in [6, 6.07) is 2.39. The molecule has 0 aliphatic heterocycles. The van der Waals surface area contributed by atoms with Gasteiger partial charge in [0, 0.05) is 6.04 Å². The van der Waals surface area contributed by atoms with Gasteiger partial charge in [0.2, 0.25) is 0 Å². The van der Waals surface area contributed by atoms with Crippen LogP contribution in [-0.2, 0) is 4.74 Å². The number of nitrogen functional groups attached to an aromatic ring is 1. The number of nitrogens with one attached hydrogen (secondary N) is 1. The van der Waals surface area contributed by atoms with Gasteiger partial charge >= 0.3 is 5.97 Å². The van der Waals surface area contributed by atoms with E-state index in [4.69, 9.17) is 15.7 Å². The molecule has 1 aromatic rings. The average molecular weight is 307 g/mol. The van der Waals surface area contributed by atoms with Gasteiger partial charge in [-0.1, -0.05) is 25.7 Å². The Morgan fingerprint density at radius 1 is 1.43 bits per heavy atom. The summed E-state index contributed by atoms with van der Waals surface area (Å²) in [5.74, 6) is -0.455. The van der Waals surface area contributed by atoms with E-state index in [0.29, 0.717) is 28.1 Å². The largest absolute Gasteiger partial charge is 0.462 e. The van der Waals surface area contributed by atoms with E-state index in [-0.39, 0.29) is 5.69 Å². The van der Waals surface area contributed by atoms with Crippen LogP contribution >= 0.6 is 11.3 Å². The minimum absolute atomic E-state index is 0.233. The molecule has 1 aromatic heterocycles. The summed E-state index contributed by atoms with van der Waals surface area (Å²) in [4.78, 5) is 12.4. The zero-order valence-corrected chi connectivity index (χ0v) is 13.1. The van der Waals surface area contributed by atoms with Crippen molar-refractivity contribution in [2.75, 3.05) is 17.7 Å². The monoisotopic (exact) mass is 307 g/mol. The predicted octanol–water partition coefficient (Wildman–Crippen LogP) is 3.51. The second-order valence-electron chi connectivity index (χ2n) is 5.21. The van der Waals surface area contributed by atoms with Gasteiger partial charge in [-0.15, -0.1) is 11.3 Å². The van der Waals surface area contributed by atoms with E-state index < -0.39 is 5.97 Å². The third kappa shape index (κ3) is 3.67. The lowest BCUT2D eigenvalue weighted by molar-refractivity contribution is 0.0529. The Bertz CT molecular complexity index is 540. The number of ether oxygens (including phenoxy) is 1. The highest BCUT2D eigenvalue weighted by molar-refractivity contribution is 7.17. The van der Waals surface area contributed by atoms with Crippen LogP contribution in [0.5, 0.6) is 0 Å². The Morgan fingerprint density at radius 2 is 2.10 bits per heavy atom. The summed E-state index contributed by atoms with van der Waals surface area (Å²) in [7, 11) is 0. The molecule has 1 heterocycles. The Balaban J connectivity index is 2.24. The Kier molecular flexibility index (Phi) is 5.45. The highest BCUT2D eigenvalue weighted by Gasteiger charge is 2.25. The number of rotatable bonds is 4. The Labute approximate surface area is 129 Å². The summed E-state index contributed by atoms with van der Waals surface area (Å²) in [5.41, 5.74) is 6.48. The maximum absolute atomic E-state index is 12.1. The van der Waals surface area contributed by atoms with Gasteiger partial charge in [-0.05, 0) is 19.8 Å². The van der Waals surface area contributed by atoms with Crippen LogP contribution in [0.3, 0.4) is 0 Å². The van der Waals surface area contributed by atoms with Crippen LogP contribution in [0.25, 0.3) is 0 Å². The number of nitriles is 1.